The summed E-state index contributed by atoms with van der Waals surface area (Å²) in [4.78, 5) is 10.6. The summed E-state index contributed by atoms with van der Waals surface area (Å²) < 4.78 is 0. The van der Waals surface area contributed by atoms with E-state index in [0.717, 1.165) is 5.56 Å². The first-order valence-electron chi connectivity index (χ1n) is 3.59. The lowest BCUT2D eigenvalue weighted by molar-refractivity contribution is 0.0696. The Labute approximate surface area is 75.5 Å². The van der Waals surface area contributed by atoms with Gasteiger partial charge in [-0.2, -0.15) is 5.26 Å². The predicted octanol–water partition coefficient (Wildman–Crippen LogP) is 1.90. The van der Waals surface area contributed by atoms with E-state index in [1.54, 1.807) is 12.1 Å². The summed E-state index contributed by atoms with van der Waals surface area (Å²) in [5, 5.41) is 17.3. The molecule has 0 fully saturated rings. The van der Waals surface area contributed by atoms with Gasteiger partial charge in [0, 0.05) is 0 Å². The van der Waals surface area contributed by atoms with Crippen LogP contribution in [0.3, 0.4) is 0 Å². The molecule has 0 amide bonds. The Bertz CT molecular complexity index is 402. The average Bonchev–Trinajstić information content (AvgIpc) is 2.16. The number of carboxylic acids is 1. The lowest BCUT2D eigenvalue weighted by Crippen LogP contribution is -1.99. The van der Waals surface area contributed by atoms with Gasteiger partial charge in [-0.3, -0.25) is 0 Å². The Hall–Kier alpha value is -2.08. The second-order valence-corrected chi connectivity index (χ2v) is 2.43. The topological polar surface area (TPSA) is 61.1 Å². The minimum atomic E-state index is -1.09. The van der Waals surface area contributed by atoms with Crippen LogP contribution < -0.4 is 0 Å². The minimum Gasteiger partial charge on any atom is -0.478 e. The molecule has 0 aromatic heterocycles. The maximum atomic E-state index is 10.6. The Morgan fingerprint density at radius 1 is 1.62 bits per heavy atom. The molecule has 0 heterocycles. The number of benzene rings is 1. The molecule has 0 aliphatic heterocycles. The van der Waals surface area contributed by atoms with E-state index in [0.29, 0.717) is 0 Å². The van der Waals surface area contributed by atoms with Crippen LogP contribution in [-0.4, -0.2) is 11.1 Å². The van der Waals surface area contributed by atoms with Crippen molar-refractivity contribution >= 4 is 12.0 Å². The van der Waals surface area contributed by atoms with Crippen molar-refractivity contribution in [2.45, 2.75) is 0 Å². The van der Waals surface area contributed by atoms with Crippen LogP contribution >= 0.6 is 0 Å². The van der Waals surface area contributed by atoms with E-state index >= 15 is 0 Å². The quantitative estimate of drug-likeness (QED) is 0.742. The standard InChI is InChI=1S/C10H7NO2/c1-2-7-3-4-9(10(12)13)8(5-7)6-11/h2-5H,1H2,(H,12,13). The zero-order chi connectivity index (χ0) is 9.84. The third-order valence-corrected chi connectivity index (χ3v) is 1.63. The molecule has 0 atom stereocenters. The number of nitrogens with zero attached hydrogens (tertiary/aromatic N) is 1. The minimum absolute atomic E-state index is 0.0214. The highest BCUT2D eigenvalue weighted by Gasteiger charge is 2.08. The van der Waals surface area contributed by atoms with E-state index in [1.807, 2.05) is 6.07 Å². The van der Waals surface area contributed by atoms with Gasteiger partial charge in [-0.25, -0.2) is 4.79 Å². The molecular weight excluding hydrogens is 166 g/mol. The summed E-state index contributed by atoms with van der Waals surface area (Å²) in [6.45, 7) is 3.52. The Morgan fingerprint density at radius 3 is 2.77 bits per heavy atom. The molecule has 0 aliphatic rings. The maximum absolute atomic E-state index is 10.6. The van der Waals surface area contributed by atoms with Gasteiger partial charge in [0.2, 0.25) is 0 Å². The van der Waals surface area contributed by atoms with E-state index in [2.05, 4.69) is 6.58 Å². The van der Waals surface area contributed by atoms with Crippen molar-refractivity contribution in [3.63, 3.8) is 0 Å². The van der Waals surface area contributed by atoms with Crippen LogP contribution in [0.1, 0.15) is 21.5 Å². The van der Waals surface area contributed by atoms with Gasteiger partial charge in [0.1, 0.15) is 6.07 Å². The van der Waals surface area contributed by atoms with Crippen LogP contribution in [0.2, 0.25) is 0 Å². The van der Waals surface area contributed by atoms with Gasteiger partial charge in [-0.05, 0) is 17.7 Å². The van der Waals surface area contributed by atoms with Crippen molar-refractivity contribution in [1.82, 2.24) is 0 Å². The van der Waals surface area contributed by atoms with E-state index in [-0.39, 0.29) is 11.1 Å². The summed E-state index contributed by atoms with van der Waals surface area (Å²) in [5.74, 6) is -1.09. The fourth-order valence-corrected chi connectivity index (χ4v) is 0.968. The van der Waals surface area contributed by atoms with Crippen LogP contribution in [0.15, 0.2) is 24.8 Å². The summed E-state index contributed by atoms with van der Waals surface area (Å²) in [6.07, 6.45) is 1.56. The number of hydrogen-bond donors (Lipinski definition) is 1. The monoisotopic (exact) mass is 173 g/mol. The van der Waals surface area contributed by atoms with Gasteiger partial charge in [-0.15, -0.1) is 0 Å². The number of rotatable bonds is 2. The summed E-state index contributed by atoms with van der Waals surface area (Å²) in [7, 11) is 0. The maximum Gasteiger partial charge on any atom is 0.337 e. The van der Waals surface area contributed by atoms with Gasteiger partial charge in [0.15, 0.2) is 0 Å². The van der Waals surface area contributed by atoms with Crippen molar-refractivity contribution in [3.8, 4) is 6.07 Å². The second kappa shape index (κ2) is 3.55. The van der Waals surface area contributed by atoms with Crippen molar-refractivity contribution in [2.24, 2.45) is 0 Å². The smallest absolute Gasteiger partial charge is 0.337 e. The molecule has 0 saturated carbocycles. The third kappa shape index (κ3) is 1.74. The number of aromatic carboxylic acids is 1. The van der Waals surface area contributed by atoms with Gasteiger partial charge in [0.25, 0.3) is 0 Å². The fraction of sp³-hybridized carbons (Fsp3) is 0. The first-order chi connectivity index (χ1) is 6.19. The lowest BCUT2D eigenvalue weighted by Gasteiger charge is -1.98. The van der Waals surface area contributed by atoms with Crippen LogP contribution in [0.5, 0.6) is 0 Å². The van der Waals surface area contributed by atoms with Gasteiger partial charge < -0.3 is 5.11 Å². The van der Waals surface area contributed by atoms with Crippen LogP contribution in [0, 0.1) is 11.3 Å². The van der Waals surface area contributed by atoms with Crippen LogP contribution in [-0.2, 0) is 0 Å². The molecule has 3 heteroatoms. The number of nitriles is 1. The molecular formula is C10H7NO2. The Kier molecular flexibility index (Phi) is 2.46. The molecule has 0 unspecified atom stereocenters. The molecule has 13 heavy (non-hydrogen) atoms. The van der Waals surface area contributed by atoms with Gasteiger partial charge >= 0.3 is 5.97 Å². The first kappa shape index (κ1) is 9.01. The Balaban J connectivity index is 3.33. The number of carboxylic acid groups (broad SMARTS) is 1. The van der Waals surface area contributed by atoms with Crippen molar-refractivity contribution in [1.29, 1.82) is 5.26 Å². The molecule has 1 aromatic rings. The molecule has 1 aromatic carbocycles. The molecule has 1 N–H and O–H groups in total. The Morgan fingerprint density at radius 2 is 2.31 bits per heavy atom. The molecule has 0 spiro atoms. The summed E-state index contributed by atoms with van der Waals surface area (Å²) in [6, 6.07) is 6.33. The van der Waals surface area contributed by atoms with Crippen molar-refractivity contribution in [2.75, 3.05) is 0 Å². The molecule has 0 saturated heterocycles. The molecule has 0 aliphatic carbocycles. The van der Waals surface area contributed by atoms with E-state index in [4.69, 9.17) is 10.4 Å². The highest BCUT2D eigenvalue weighted by Crippen LogP contribution is 2.11. The SMILES string of the molecule is C=Cc1ccc(C(=O)O)c(C#N)c1. The number of carbonyl (C=O) groups is 1. The zero-order valence-electron chi connectivity index (χ0n) is 6.82. The first-order valence-corrected chi connectivity index (χ1v) is 3.59. The average molecular weight is 173 g/mol. The predicted molar refractivity (Wildman–Crippen MR) is 48.2 cm³/mol. The molecule has 3 nitrogen and oxygen atoms in total. The van der Waals surface area contributed by atoms with E-state index in [1.165, 1.54) is 12.1 Å². The molecule has 0 bridgehead atoms. The summed E-state index contributed by atoms with van der Waals surface area (Å²) in [5.41, 5.74) is 0.916. The normalized spacial score (nSPS) is 8.85. The van der Waals surface area contributed by atoms with Crippen LogP contribution in [0.4, 0.5) is 0 Å². The van der Waals surface area contributed by atoms with Crippen LogP contribution in [0.25, 0.3) is 6.08 Å². The molecule has 1 rings (SSSR count). The second-order valence-electron chi connectivity index (χ2n) is 2.43. The highest BCUT2D eigenvalue weighted by molar-refractivity contribution is 5.90. The largest absolute Gasteiger partial charge is 0.478 e. The van der Waals surface area contributed by atoms with E-state index < -0.39 is 5.97 Å². The highest BCUT2D eigenvalue weighted by atomic mass is 16.4. The molecule has 64 valence electrons. The number of hydrogen-bond acceptors (Lipinski definition) is 2. The third-order valence-electron chi connectivity index (χ3n) is 1.63. The van der Waals surface area contributed by atoms with Gasteiger partial charge in [-0.1, -0.05) is 18.7 Å². The zero-order valence-corrected chi connectivity index (χ0v) is 6.82. The van der Waals surface area contributed by atoms with E-state index in [9.17, 15) is 4.79 Å². The van der Waals surface area contributed by atoms with Gasteiger partial charge in [0.05, 0.1) is 11.1 Å². The summed E-state index contributed by atoms with van der Waals surface area (Å²) >= 11 is 0. The fourth-order valence-electron chi connectivity index (χ4n) is 0.968. The van der Waals surface area contributed by atoms with Crippen molar-refractivity contribution < 1.29 is 9.90 Å². The molecule has 0 radical (unpaired) electrons. The lowest BCUT2D eigenvalue weighted by atomic mass is 10.1. The van der Waals surface area contributed by atoms with Crippen molar-refractivity contribution in [3.05, 3.63) is 41.5 Å².